The van der Waals surface area contributed by atoms with Gasteiger partial charge in [0.1, 0.15) is 0 Å². The van der Waals surface area contributed by atoms with Gasteiger partial charge in [0, 0.05) is 0 Å². The first-order valence-electron chi connectivity index (χ1n) is 11.9. The van der Waals surface area contributed by atoms with Crippen molar-refractivity contribution >= 4 is 18.5 Å². The molecule has 0 spiro atoms. The maximum atomic E-state index is 7.30. The SMILES string of the molecule is CC(C)CCCCC[Si](Cl)(CCCCCC(C)C)CCCCCC(C)C. The van der Waals surface area contributed by atoms with E-state index in [0.29, 0.717) is 0 Å². The standard InChI is InChI=1S/C24H51ClSi/c1-22(2)16-10-7-13-19-26(25,20-14-8-11-17-23(3)4)21-15-9-12-18-24(5)6/h22-24H,7-21H2,1-6H3. The van der Waals surface area contributed by atoms with Crippen molar-refractivity contribution in [2.45, 2.75) is 137 Å². The van der Waals surface area contributed by atoms with Gasteiger partial charge >= 0.3 is 0 Å². The minimum Gasteiger partial charge on any atom is -0.167 e. The van der Waals surface area contributed by atoms with Crippen LogP contribution in [0.2, 0.25) is 18.1 Å². The second-order valence-electron chi connectivity index (χ2n) is 10.1. The van der Waals surface area contributed by atoms with Crippen LogP contribution in [0.25, 0.3) is 0 Å². The van der Waals surface area contributed by atoms with E-state index in [1.165, 1.54) is 95.2 Å². The summed E-state index contributed by atoms with van der Waals surface area (Å²) in [6, 6.07) is 4.13. The molecular weight excluding hydrogens is 352 g/mol. The van der Waals surface area contributed by atoms with Crippen LogP contribution in [0.5, 0.6) is 0 Å². The molecule has 0 radical (unpaired) electrons. The molecule has 0 atom stereocenters. The van der Waals surface area contributed by atoms with Crippen LogP contribution in [0, 0.1) is 17.8 Å². The smallest absolute Gasteiger partial charge is 0.156 e. The highest BCUT2D eigenvalue weighted by molar-refractivity contribution is 7.20. The summed E-state index contributed by atoms with van der Waals surface area (Å²) in [6.07, 6.45) is 16.8. The quantitative estimate of drug-likeness (QED) is 0.121. The highest BCUT2D eigenvalue weighted by Crippen LogP contribution is 2.33. The molecule has 0 saturated carbocycles. The average molecular weight is 403 g/mol. The molecule has 0 aliphatic carbocycles. The van der Waals surface area contributed by atoms with Crippen LogP contribution < -0.4 is 0 Å². The molecule has 0 unspecified atom stereocenters. The molecule has 0 rings (SSSR count). The van der Waals surface area contributed by atoms with Crippen LogP contribution >= 0.6 is 11.1 Å². The maximum absolute atomic E-state index is 7.30. The number of unbranched alkanes of at least 4 members (excludes halogenated alkanes) is 6. The van der Waals surface area contributed by atoms with Crippen molar-refractivity contribution in [3.05, 3.63) is 0 Å². The average Bonchev–Trinajstić information content (AvgIpc) is 2.53. The van der Waals surface area contributed by atoms with Gasteiger partial charge in [0.05, 0.1) is 0 Å². The van der Waals surface area contributed by atoms with Crippen LogP contribution in [-0.4, -0.2) is 7.38 Å². The third-order valence-electron chi connectivity index (χ3n) is 5.72. The molecule has 0 nitrogen and oxygen atoms in total. The molecule has 26 heavy (non-hydrogen) atoms. The molecule has 0 aromatic carbocycles. The van der Waals surface area contributed by atoms with E-state index in [-0.39, 0.29) is 0 Å². The van der Waals surface area contributed by atoms with E-state index in [1.54, 1.807) is 0 Å². The zero-order valence-electron chi connectivity index (χ0n) is 19.2. The molecule has 158 valence electrons. The third-order valence-corrected chi connectivity index (χ3v) is 11.2. The van der Waals surface area contributed by atoms with Crippen LogP contribution in [-0.2, 0) is 0 Å². The van der Waals surface area contributed by atoms with E-state index in [2.05, 4.69) is 41.5 Å². The molecule has 2 heteroatoms. The van der Waals surface area contributed by atoms with Crippen molar-refractivity contribution in [2.24, 2.45) is 17.8 Å². The normalized spacial score (nSPS) is 12.7. The molecule has 0 N–H and O–H groups in total. The lowest BCUT2D eigenvalue weighted by molar-refractivity contribution is 0.528. The largest absolute Gasteiger partial charge is 0.167 e. The van der Waals surface area contributed by atoms with E-state index in [0.717, 1.165) is 17.8 Å². The Bertz CT molecular complexity index is 253. The first kappa shape index (κ1) is 26.5. The monoisotopic (exact) mass is 402 g/mol. The number of hydrogen-bond donors (Lipinski definition) is 0. The second kappa shape index (κ2) is 16.5. The summed E-state index contributed by atoms with van der Waals surface area (Å²) in [4.78, 5) is 0. The first-order chi connectivity index (χ1) is 12.2. The lowest BCUT2D eigenvalue weighted by atomic mass is 10.1. The Hall–Kier alpha value is 0.507. The summed E-state index contributed by atoms with van der Waals surface area (Å²) in [5.74, 6) is 2.57. The molecule has 0 bridgehead atoms. The van der Waals surface area contributed by atoms with E-state index in [1.807, 2.05) is 0 Å². The van der Waals surface area contributed by atoms with Crippen LogP contribution in [0.15, 0.2) is 0 Å². The van der Waals surface area contributed by atoms with Gasteiger partial charge < -0.3 is 0 Å². The van der Waals surface area contributed by atoms with Crippen molar-refractivity contribution in [3.8, 4) is 0 Å². The fourth-order valence-corrected chi connectivity index (χ4v) is 8.49. The van der Waals surface area contributed by atoms with Crippen molar-refractivity contribution in [3.63, 3.8) is 0 Å². The summed E-state index contributed by atoms with van der Waals surface area (Å²) in [6.45, 7) is 14.1. The summed E-state index contributed by atoms with van der Waals surface area (Å²) in [5.41, 5.74) is 0. The fourth-order valence-electron chi connectivity index (χ4n) is 3.89. The van der Waals surface area contributed by atoms with E-state index in [9.17, 15) is 0 Å². The van der Waals surface area contributed by atoms with Crippen LogP contribution in [0.1, 0.15) is 119 Å². The van der Waals surface area contributed by atoms with Gasteiger partial charge in [-0.3, -0.25) is 0 Å². The predicted octanol–water partition coefficient (Wildman–Crippen LogP) is 9.82. The van der Waals surface area contributed by atoms with Crippen molar-refractivity contribution in [2.75, 3.05) is 0 Å². The van der Waals surface area contributed by atoms with Gasteiger partial charge in [0.15, 0.2) is 7.38 Å². The fraction of sp³-hybridized carbons (Fsp3) is 1.00. The van der Waals surface area contributed by atoms with Gasteiger partial charge in [0.25, 0.3) is 0 Å². The van der Waals surface area contributed by atoms with Gasteiger partial charge in [-0.1, -0.05) is 119 Å². The predicted molar refractivity (Wildman–Crippen MR) is 126 cm³/mol. The van der Waals surface area contributed by atoms with E-state index >= 15 is 0 Å². The Labute approximate surface area is 173 Å². The Morgan fingerprint density at radius 2 is 0.731 bits per heavy atom. The maximum Gasteiger partial charge on any atom is 0.156 e. The Kier molecular flexibility index (Phi) is 16.8. The van der Waals surface area contributed by atoms with Gasteiger partial charge in [-0.25, -0.2) is 0 Å². The molecule has 0 aliphatic heterocycles. The lowest BCUT2D eigenvalue weighted by Crippen LogP contribution is -2.26. The van der Waals surface area contributed by atoms with Gasteiger partial charge in [-0.05, 0) is 35.9 Å². The zero-order valence-corrected chi connectivity index (χ0v) is 21.0. The van der Waals surface area contributed by atoms with Gasteiger partial charge in [-0.2, -0.15) is 11.1 Å². The Balaban J connectivity index is 4.14. The molecule has 0 aromatic heterocycles. The number of halogens is 1. The molecule has 0 amide bonds. The number of hydrogen-bond acceptors (Lipinski definition) is 0. The topological polar surface area (TPSA) is 0 Å². The second-order valence-corrected chi connectivity index (χ2v) is 16.3. The first-order valence-corrected chi connectivity index (χ1v) is 15.6. The Morgan fingerprint density at radius 1 is 0.462 bits per heavy atom. The van der Waals surface area contributed by atoms with Crippen molar-refractivity contribution < 1.29 is 0 Å². The molecule has 0 saturated heterocycles. The molecular formula is C24H51ClSi. The molecule has 0 aromatic rings. The minimum atomic E-state index is -1.51. The third kappa shape index (κ3) is 17.9. The molecule has 0 aliphatic rings. The zero-order chi connectivity index (χ0) is 19.8. The van der Waals surface area contributed by atoms with E-state index in [4.69, 9.17) is 11.1 Å². The molecule has 0 fully saturated rings. The van der Waals surface area contributed by atoms with Crippen molar-refractivity contribution in [1.29, 1.82) is 0 Å². The number of rotatable bonds is 18. The molecule has 0 heterocycles. The van der Waals surface area contributed by atoms with Crippen LogP contribution in [0.3, 0.4) is 0 Å². The summed E-state index contributed by atoms with van der Waals surface area (Å²) >= 11 is 7.30. The van der Waals surface area contributed by atoms with Crippen LogP contribution in [0.4, 0.5) is 0 Å². The minimum absolute atomic E-state index is 0.856. The van der Waals surface area contributed by atoms with Crippen molar-refractivity contribution in [1.82, 2.24) is 0 Å². The summed E-state index contributed by atoms with van der Waals surface area (Å²) in [5, 5.41) is 0. The summed E-state index contributed by atoms with van der Waals surface area (Å²) < 4.78 is 0. The Morgan fingerprint density at radius 3 is 0.962 bits per heavy atom. The van der Waals surface area contributed by atoms with Gasteiger partial charge in [0.2, 0.25) is 0 Å². The highest BCUT2D eigenvalue weighted by Gasteiger charge is 2.29. The summed E-state index contributed by atoms with van der Waals surface area (Å²) in [7, 11) is -1.51. The van der Waals surface area contributed by atoms with Gasteiger partial charge in [-0.15, -0.1) is 0 Å². The van der Waals surface area contributed by atoms with E-state index < -0.39 is 7.38 Å². The highest BCUT2D eigenvalue weighted by atomic mass is 35.6. The lowest BCUT2D eigenvalue weighted by Gasteiger charge is -2.25.